The summed E-state index contributed by atoms with van der Waals surface area (Å²) in [6.07, 6.45) is 0. The molecule has 0 aliphatic heterocycles. The van der Waals surface area contributed by atoms with E-state index in [2.05, 4.69) is 4.72 Å². The van der Waals surface area contributed by atoms with Crippen LogP contribution in [0.4, 0.5) is 5.69 Å². The molecular weight excluding hydrogens is 358 g/mol. The number of benzene rings is 2. The van der Waals surface area contributed by atoms with Crippen molar-refractivity contribution in [3.8, 4) is 11.5 Å². The van der Waals surface area contributed by atoms with Gasteiger partial charge in [-0.1, -0.05) is 11.6 Å². The number of anilines is 1. The molecule has 9 heteroatoms. The fourth-order valence-electron chi connectivity index (χ4n) is 1.96. The van der Waals surface area contributed by atoms with Gasteiger partial charge in [0.2, 0.25) is 0 Å². The highest BCUT2D eigenvalue weighted by atomic mass is 35.5. The number of carbonyl (C=O) groups is 1. The van der Waals surface area contributed by atoms with Crippen LogP contribution in [0, 0.1) is 0 Å². The summed E-state index contributed by atoms with van der Waals surface area (Å²) >= 11 is 5.77. The highest BCUT2D eigenvalue weighted by molar-refractivity contribution is 7.92. The second-order valence-electron chi connectivity index (χ2n) is 4.62. The summed E-state index contributed by atoms with van der Waals surface area (Å²) in [5.74, 6) is -0.811. The molecule has 2 aromatic rings. The number of ether oxygens (including phenoxy) is 2. The van der Waals surface area contributed by atoms with E-state index in [4.69, 9.17) is 26.2 Å². The van der Waals surface area contributed by atoms with Crippen molar-refractivity contribution in [2.75, 3.05) is 18.9 Å². The predicted molar refractivity (Wildman–Crippen MR) is 88.8 cm³/mol. The highest BCUT2D eigenvalue weighted by Gasteiger charge is 2.21. The van der Waals surface area contributed by atoms with E-state index in [1.165, 1.54) is 38.5 Å². The van der Waals surface area contributed by atoms with E-state index < -0.39 is 16.0 Å². The molecule has 128 valence electrons. The Morgan fingerprint density at radius 1 is 1.12 bits per heavy atom. The lowest BCUT2D eigenvalue weighted by Gasteiger charge is -2.13. The van der Waals surface area contributed by atoms with Gasteiger partial charge in [-0.05, 0) is 30.3 Å². The molecule has 2 rings (SSSR count). The van der Waals surface area contributed by atoms with Crippen molar-refractivity contribution in [1.82, 2.24) is 0 Å². The second kappa shape index (κ2) is 6.98. The molecule has 0 atom stereocenters. The molecule has 0 spiro atoms. The molecule has 0 amide bonds. The first kappa shape index (κ1) is 17.9. The third-order valence-electron chi connectivity index (χ3n) is 3.11. The minimum absolute atomic E-state index is 0.00408. The molecule has 0 unspecified atom stereocenters. The number of halogens is 1. The number of methoxy groups -OCH3 is 2. The first-order valence-electron chi connectivity index (χ1n) is 6.56. The first-order valence-corrected chi connectivity index (χ1v) is 8.42. The van der Waals surface area contributed by atoms with Crippen molar-refractivity contribution < 1.29 is 27.8 Å². The Morgan fingerprint density at radius 3 is 2.42 bits per heavy atom. The van der Waals surface area contributed by atoms with Crippen LogP contribution in [0.5, 0.6) is 11.5 Å². The Bertz CT molecular complexity index is 882. The minimum Gasteiger partial charge on any atom is -0.497 e. The van der Waals surface area contributed by atoms with Crippen LogP contribution < -0.4 is 14.2 Å². The molecule has 0 radical (unpaired) electrons. The quantitative estimate of drug-likeness (QED) is 0.809. The van der Waals surface area contributed by atoms with E-state index in [9.17, 15) is 13.2 Å². The number of carboxylic acid groups (broad SMARTS) is 1. The van der Waals surface area contributed by atoms with Gasteiger partial charge < -0.3 is 14.6 Å². The lowest BCUT2D eigenvalue weighted by molar-refractivity contribution is 0.0697. The zero-order valence-corrected chi connectivity index (χ0v) is 14.3. The van der Waals surface area contributed by atoms with Crippen LogP contribution in [0.1, 0.15) is 10.4 Å². The van der Waals surface area contributed by atoms with E-state index in [1.54, 1.807) is 6.07 Å². The Kier molecular flexibility index (Phi) is 5.20. The molecule has 0 heterocycles. The Labute approximate surface area is 143 Å². The summed E-state index contributed by atoms with van der Waals surface area (Å²) in [5, 5.41) is 9.06. The number of sulfonamides is 1. The standard InChI is InChI=1S/C15H14ClNO6S/c1-22-10-4-6-13(23-2)14(8-10)24(20,21)17-9-3-5-12(16)11(7-9)15(18)19/h3-8,17H,1-2H3,(H,18,19). The van der Waals surface area contributed by atoms with Crippen LogP contribution in [0.25, 0.3) is 0 Å². The predicted octanol–water partition coefficient (Wildman–Crippen LogP) is 2.86. The molecule has 24 heavy (non-hydrogen) atoms. The fourth-order valence-corrected chi connectivity index (χ4v) is 3.39. The summed E-state index contributed by atoms with van der Waals surface area (Å²) in [7, 11) is -1.29. The molecule has 2 N–H and O–H groups in total. The van der Waals surface area contributed by atoms with Crippen molar-refractivity contribution >= 4 is 33.3 Å². The lowest BCUT2D eigenvalue weighted by Crippen LogP contribution is -2.14. The molecular formula is C15H14ClNO6S. The van der Waals surface area contributed by atoms with Crippen molar-refractivity contribution in [2.45, 2.75) is 4.90 Å². The lowest BCUT2D eigenvalue weighted by atomic mass is 10.2. The van der Waals surface area contributed by atoms with Gasteiger partial charge in [-0.3, -0.25) is 4.72 Å². The van der Waals surface area contributed by atoms with Crippen molar-refractivity contribution in [1.29, 1.82) is 0 Å². The van der Waals surface area contributed by atoms with Crippen molar-refractivity contribution in [3.05, 3.63) is 47.0 Å². The SMILES string of the molecule is COc1ccc(OC)c(S(=O)(=O)Nc2ccc(Cl)c(C(=O)O)c2)c1. The normalized spacial score (nSPS) is 11.0. The Hall–Kier alpha value is -2.45. The molecule has 0 fully saturated rings. The molecule has 0 saturated carbocycles. The average molecular weight is 372 g/mol. The fraction of sp³-hybridized carbons (Fsp3) is 0.133. The third kappa shape index (κ3) is 3.72. The molecule has 0 aromatic heterocycles. The zero-order valence-electron chi connectivity index (χ0n) is 12.7. The molecule has 0 aliphatic rings. The van der Waals surface area contributed by atoms with E-state index in [1.807, 2.05) is 0 Å². The maximum Gasteiger partial charge on any atom is 0.337 e. The van der Waals surface area contributed by atoms with Crippen LogP contribution in [-0.4, -0.2) is 33.7 Å². The highest BCUT2D eigenvalue weighted by Crippen LogP contribution is 2.30. The molecule has 7 nitrogen and oxygen atoms in total. The van der Waals surface area contributed by atoms with Crippen molar-refractivity contribution in [2.24, 2.45) is 0 Å². The molecule has 0 aliphatic carbocycles. The van der Waals surface area contributed by atoms with Crippen LogP contribution in [0.3, 0.4) is 0 Å². The smallest absolute Gasteiger partial charge is 0.337 e. The van der Waals surface area contributed by atoms with Gasteiger partial charge in [0.1, 0.15) is 16.4 Å². The van der Waals surface area contributed by atoms with Crippen LogP contribution in [0.2, 0.25) is 5.02 Å². The van der Waals surface area contributed by atoms with E-state index in [0.717, 1.165) is 6.07 Å². The first-order chi connectivity index (χ1) is 11.3. The van der Waals surface area contributed by atoms with E-state index >= 15 is 0 Å². The number of carboxylic acids is 1. The monoisotopic (exact) mass is 371 g/mol. The molecule has 0 bridgehead atoms. The van der Waals surface area contributed by atoms with Crippen LogP contribution >= 0.6 is 11.6 Å². The summed E-state index contributed by atoms with van der Waals surface area (Å²) in [6.45, 7) is 0. The third-order valence-corrected chi connectivity index (χ3v) is 4.84. The topological polar surface area (TPSA) is 102 Å². The zero-order chi connectivity index (χ0) is 17.9. The number of hydrogen-bond donors (Lipinski definition) is 2. The number of rotatable bonds is 6. The summed E-state index contributed by atoms with van der Waals surface area (Å²) in [4.78, 5) is 11.0. The van der Waals surface area contributed by atoms with Crippen molar-refractivity contribution in [3.63, 3.8) is 0 Å². The largest absolute Gasteiger partial charge is 0.497 e. The second-order valence-corrected chi connectivity index (χ2v) is 6.68. The van der Waals surface area contributed by atoms with E-state index in [0.29, 0.717) is 5.75 Å². The van der Waals surface area contributed by atoms with Gasteiger partial charge in [0, 0.05) is 11.8 Å². The number of aromatic carboxylic acids is 1. The van der Waals surface area contributed by atoms with Crippen LogP contribution in [-0.2, 0) is 10.0 Å². The molecule has 0 saturated heterocycles. The number of hydrogen-bond acceptors (Lipinski definition) is 5. The van der Waals surface area contributed by atoms with Gasteiger partial charge in [-0.15, -0.1) is 0 Å². The summed E-state index contributed by atoms with van der Waals surface area (Å²) < 4.78 is 37.6. The maximum atomic E-state index is 12.6. The minimum atomic E-state index is -4.04. The molecule has 2 aromatic carbocycles. The van der Waals surface area contributed by atoms with Gasteiger partial charge in [0.25, 0.3) is 10.0 Å². The Balaban J connectivity index is 2.46. The summed E-state index contributed by atoms with van der Waals surface area (Å²) in [6, 6.07) is 8.11. The van der Waals surface area contributed by atoms with Gasteiger partial charge >= 0.3 is 5.97 Å². The van der Waals surface area contributed by atoms with Gasteiger partial charge in [0.15, 0.2) is 0 Å². The van der Waals surface area contributed by atoms with E-state index in [-0.39, 0.29) is 26.9 Å². The van der Waals surface area contributed by atoms with Gasteiger partial charge in [-0.2, -0.15) is 0 Å². The Morgan fingerprint density at radius 2 is 1.83 bits per heavy atom. The van der Waals surface area contributed by atoms with Crippen LogP contribution in [0.15, 0.2) is 41.3 Å². The average Bonchev–Trinajstić information content (AvgIpc) is 2.55. The maximum absolute atomic E-state index is 12.6. The summed E-state index contributed by atoms with van der Waals surface area (Å²) in [5.41, 5.74) is -0.156. The van der Waals surface area contributed by atoms with Gasteiger partial charge in [-0.25, -0.2) is 13.2 Å². The van der Waals surface area contributed by atoms with Gasteiger partial charge in [0.05, 0.1) is 24.8 Å². The number of nitrogens with one attached hydrogen (secondary N) is 1.